The second-order valence-corrected chi connectivity index (χ2v) is 6.20. The van der Waals surface area contributed by atoms with Crippen molar-refractivity contribution in [3.05, 3.63) is 57.5 Å². The van der Waals surface area contributed by atoms with Crippen LogP contribution >= 0.6 is 0 Å². The van der Waals surface area contributed by atoms with Crippen molar-refractivity contribution in [3.8, 4) is 0 Å². The van der Waals surface area contributed by atoms with Gasteiger partial charge in [0.15, 0.2) is 0 Å². The van der Waals surface area contributed by atoms with Gasteiger partial charge in [0.05, 0.1) is 6.10 Å². The fourth-order valence-electron chi connectivity index (χ4n) is 3.09. The van der Waals surface area contributed by atoms with E-state index in [1.54, 1.807) is 0 Å². The first-order chi connectivity index (χ1) is 10.8. The minimum atomic E-state index is -0.632. The van der Waals surface area contributed by atoms with Gasteiger partial charge in [0.2, 0.25) is 0 Å². The van der Waals surface area contributed by atoms with Crippen LogP contribution in [0.15, 0.2) is 22.6 Å². The first kappa shape index (κ1) is 17.3. The summed E-state index contributed by atoms with van der Waals surface area (Å²) in [7, 11) is 0. The average molecular weight is 315 g/mol. The lowest BCUT2D eigenvalue weighted by molar-refractivity contribution is 0.0941. The average Bonchev–Trinajstić information content (AvgIpc) is 2.76. The van der Waals surface area contributed by atoms with E-state index in [0.29, 0.717) is 13.0 Å². The summed E-state index contributed by atoms with van der Waals surface area (Å²) in [5.74, 6) is 1.42. The third kappa shape index (κ3) is 4.02. The molecule has 0 saturated heterocycles. The van der Waals surface area contributed by atoms with Crippen LogP contribution < -0.4 is 5.32 Å². The van der Waals surface area contributed by atoms with E-state index in [4.69, 9.17) is 4.42 Å². The molecule has 0 saturated carbocycles. The number of benzene rings is 1. The third-order valence-electron chi connectivity index (χ3n) is 4.05. The molecule has 23 heavy (non-hydrogen) atoms. The number of nitrogens with one attached hydrogen (secondary N) is 1. The standard InChI is InChI=1S/C19H25NO3/c1-11-8-12(2)18(13(3)9-11)19(22)20-7-6-17(21)16-10-14(4)23-15(16)5/h8-10,17,21H,6-7H2,1-5H3,(H,20,22). The molecule has 0 aliphatic heterocycles. The highest BCUT2D eigenvalue weighted by atomic mass is 16.3. The quantitative estimate of drug-likeness (QED) is 0.885. The molecule has 2 rings (SSSR count). The summed E-state index contributed by atoms with van der Waals surface area (Å²) >= 11 is 0. The summed E-state index contributed by atoms with van der Waals surface area (Å²) in [6.45, 7) is 10.0. The Morgan fingerprint density at radius 2 is 1.74 bits per heavy atom. The van der Waals surface area contributed by atoms with E-state index in [1.807, 2.05) is 52.8 Å². The summed E-state index contributed by atoms with van der Waals surface area (Å²) in [4.78, 5) is 12.4. The van der Waals surface area contributed by atoms with E-state index >= 15 is 0 Å². The molecule has 4 heteroatoms. The molecule has 2 aromatic rings. The zero-order valence-electron chi connectivity index (χ0n) is 14.5. The third-order valence-corrected chi connectivity index (χ3v) is 4.05. The Balaban J connectivity index is 1.96. The number of aryl methyl sites for hydroxylation is 5. The van der Waals surface area contributed by atoms with Crippen LogP contribution in [0.1, 0.15) is 56.7 Å². The van der Waals surface area contributed by atoms with E-state index in [0.717, 1.165) is 39.3 Å². The summed E-state index contributed by atoms with van der Waals surface area (Å²) in [6.07, 6.45) is -0.178. The summed E-state index contributed by atoms with van der Waals surface area (Å²) < 4.78 is 5.43. The number of rotatable bonds is 5. The van der Waals surface area contributed by atoms with Gasteiger partial charge >= 0.3 is 0 Å². The predicted octanol–water partition coefficient (Wildman–Crippen LogP) is 3.68. The number of carbonyl (C=O) groups excluding carboxylic acids is 1. The molecule has 0 fully saturated rings. The van der Waals surface area contributed by atoms with Crippen molar-refractivity contribution in [2.75, 3.05) is 6.54 Å². The van der Waals surface area contributed by atoms with Crippen LogP contribution in [0.4, 0.5) is 0 Å². The summed E-state index contributed by atoms with van der Waals surface area (Å²) in [5, 5.41) is 13.1. The lowest BCUT2D eigenvalue weighted by Crippen LogP contribution is -2.27. The van der Waals surface area contributed by atoms with Gasteiger partial charge in [-0.25, -0.2) is 0 Å². The number of aliphatic hydroxyl groups excluding tert-OH is 1. The Morgan fingerprint density at radius 3 is 2.26 bits per heavy atom. The normalized spacial score (nSPS) is 12.3. The van der Waals surface area contributed by atoms with Crippen molar-refractivity contribution >= 4 is 5.91 Å². The minimum absolute atomic E-state index is 0.0905. The molecule has 0 spiro atoms. The van der Waals surface area contributed by atoms with Gasteiger partial charge in [-0.15, -0.1) is 0 Å². The van der Waals surface area contributed by atoms with Crippen molar-refractivity contribution in [2.24, 2.45) is 0 Å². The van der Waals surface area contributed by atoms with Crippen LogP contribution in [0.5, 0.6) is 0 Å². The number of carbonyl (C=O) groups is 1. The minimum Gasteiger partial charge on any atom is -0.466 e. The maximum atomic E-state index is 12.4. The Morgan fingerprint density at radius 1 is 1.13 bits per heavy atom. The number of amides is 1. The Kier molecular flexibility index (Phi) is 5.26. The maximum absolute atomic E-state index is 12.4. The Labute approximate surface area is 137 Å². The zero-order valence-corrected chi connectivity index (χ0v) is 14.5. The van der Waals surface area contributed by atoms with Crippen LogP contribution in [0.2, 0.25) is 0 Å². The van der Waals surface area contributed by atoms with Gasteiger partial charge in [-0.1, -0.05) is 17.7 Å². The number of aliphatic hydroxyl groups is 1. The van der Waals surface area contributed by atoms with Crippen LogP contribution in [0, 0.1) is 34.6 Å². The molecule has 124 valence electrons. The van der Waals surface area contributed by atoms with Crippen molar-refractivity contribution in [1.82, 2.24) is 5.32 Å². The number of hydrogen-bond acceptors (Lipinski definition) is 3. The lowest BCUT2D eigenvalue weighted by Gasteiger charge is -2.13. The summed E-state index contributed by atoms with van der Waals surface area (Å²) in [6, 6.07) is 5.86. The smallest absolute Gasteiger partial charge is 0.251 e. The Bertz CT molecular complexity index is 692. The molecule has 1 aromatic heterocycles. The maximum Gasteiger partial charge on any atom is 0.251 e. The highest BCUT2D eigenvalue weighted by Crippen LogP contribution is 2.23. The van der Waals surface area contributed by atoms with Gasteiger partial charge in [-0.3, -0.25) is 4.79 Å². The van der Waals surface area contributed by atoms with Gasteiger partial charge in [-0.05, 0) is 58.2 Å². The van der Waals surface area contributed by atoms with Crippen molar-refractivity contribution < 1.29 is 14.3 Å². The fourth-order valence-corrected chi connectivity index (χ4v) is 3.09. The molecule has 1 aromatic carbocycles. The van der Waals surface area contributed by atoms with Gasteiger partial charge < -0.3 is 14.8 Å². The van der Waals surface area contributed by atoms with E-state index in [2.05, 4.69) is 5.32 Å². The molecule has 0 aliphatic rings. The van der Waals surface area contributed by atoms with Crippen molar-refractivity contribution in [2.45, 2.75) is 47.1 Å². The van der Waals surface area contributed by atoms with Crippen LogP contribution in [0.3, 0.4) is 0 Å². The van der Waals surface area contributed by atoms with Gasteiger partial charge in [-0.2, -0.15) is 0 Å². The van der Waals surface area contributed by atoms with E-state index in [9.17, 15) is 9.90 Å². The first-order valence-electron chi connectivity index (χ1n) is 7.90. The van der Waals surface area contributed by atoms with Crippen LogP contribution in [-0.4, -0.2) is 17.6 Å². The Hall–Kier alpha value is -2.07. The van der Waals surface area contributed by atoms with E-state index in [-0.39, 0.29) is 5.91 Å². The number of furan rings is 1. The monoisotopic (exact) mass is 315 g/mol. The van der Waals surface area contributed by atoms with E-state index in [1.165, 1.54) is 0 Å². The van der Waals surface area contributed by atoms with Gasteiger partial charge in [0.1, 0.15) is 11.5 Å². The molecule has 0 aliphatic carbocycles. The molecule has 0 radical (unpaired) electrons. The molecule has 0 bridgehead atoms. The fraction of sp³-hybridized carbons (Fsp3) is 0.421. The number of hydrogen-bond donors (Lipinski definition) is 2. The molecule has 1 atom stereocenters. The molecular weight excluding hydrogens is 290 g/mol. The van der Waals surface area contributed by atoms with Crippen molar-refractivity contribution in [1.29, 1.82) is 0 Å². The second kappa shape index (κ2) is 7.01. The summed E-state index contributed by atoms with van der Waals surface area (Å²) in [5.41, 5.74) is 4.61. The highest BCUT2D eigenvalue weighted by molar-refractivity contribution is 5.97. The van der Waals surface area contributed by atoms with Gasteiger partial charge in [0.25, 0.3) is 5.91 Å². The largest absolute Gasteiger partial charge is 0.466 e. The predicted molar refractivity (Wildman–Crippen MR) is 90.7 cm³/mol. The van der Waals surface area contributed by atoms with E-state index < -0.39 is 6.10 Å². The molecule has 1 unspecified atom stereocenters. The topological polar surface area (TPSA) is 62.5 Å². The van der Waals surface area contributed by atoms with Crippen LogP contribution in [-0.2, 0) is 0 Å². The zero-order chi connectivity index (χ0) is 17.1. The van der Waals surface area contributed by atoms with Crippen molar-refractivity contribution in [3.63, 3.8) is 0 Å². The van der Waals surface area contributed by atoms with Crippen LogP contribution in [0.25, 0.3) is 0 Å². The molecule has 4 nitrogen and oxygen atoms in total. The molecule has 2 N–H and O–H groups in total. The SMILES string of the molecule is Cc1cc(C)c(C(=O)NCCC(O)c2cc(C)oc2C)c(C)c1. The second-order valence-electron chi connectivity index (χ2n) is 6.20. The lowest BCUT2D eigenvalue weighted by atomic mass is 9.99. The first-order valence-corrected chi connectivity index (χ1v) is 7.90. The molecule has 1 amide bonds. The van der Waals surface area contributed by atoms with Gasteiger partial charge in [0, 0.05) is 17.7 Å². The molecule has 1 heterocycles. The molecular formula is C19H25NO3. The highest BCUT2D eigenvalue weighted by Gasteiger charge is 2.16.